The molecular formula is C18H22N2O4. The van der Waals surface area contributed by atoms with Crippen molar-refractivity contribution >= 4 is 11.8 Å². The third kappa shape index (κ3) is 3.37. The number of hydrogen-bond acceptors (Lipinski definition) is 4. The van der Waals surface area contributed by atoms with Crippen LogP contribution in [0.3, 0.4) is 0 Å². The number of phenolic OH excluding ortho intramolecular Hbond substituents is 1. The average molecular weight is 330 g/mol. The second kappa shape index (κ2) is 6.95. The molecule has 0 aliphatic carbocycles. The first-order valence-electron chi connectivity index (χ1n) is 8.26. The van der Waals surface area contributed by atoms with Crippen LogP contribution in [-0.4, -0.2) is 41.5 Å². The Morgan fingerprint density at radius 1 is 1.38 bits per heavy atom. The van der Waals surface area contributed by atoms with E-state index in [-0.39, 0.29) is 29.5 Å². The number of phenols is 1. The quantitative estimate of drug-likeness (QED) is 0.828. The lowest BCUT2D eigenvalue weighted by molar-refractivity contribution is -0.132. The molecule has 6 nitrogen and oxygen atoms in total. The summed E-state index contributed by atoms with van der Waals surface area (Å²) < 4.78 is 5.57. The summed E-state index contributed by atoms with van der Waals surface area (Å²) in [5.41, 5.74) is 0.796. The molecule has 2 amide bonds. The molecule has 0 spiro atoms. The molecule has 6 heteroatoms. The molecule has 1 saturated heterocycles. The number of hydrogen-bond donors (Lipinski definition) is 2. The van der Waals surface area contributed by atoms with Crippen LogP contribution in [0.5, 0.6) is 11.5 Å². The number of rotatable bonds is 3. The average Bonchev–Trinajstić information content (AvgIpc) is 2.61. The Bertz CT molecular complexity index is 658. The summed E-state index contributed by atoms with van der Waals surface area (Å²) in [5.74, 6) is 0.438. The number of fused-ring (bicyclic) bond motifs is 1. The van der Waals surface area contributed by atoms with Crippen LogP contribution < -0.4 is 10.1 Å². The first kappa shape index (κ1) is 16.4. The van der Waals surface area contributed by atoms with Gasteiger partial charge in [-0.15, -0.1) is 0 Å². The summed E-state index contributed by atoms with van der Waals surface area (Å²) in [7, 11) is 0. The van der Waals surface area contributed by atoms with E-state index in [4.69, 9.17) is 4.74 Å². The molecule has 2 aliphatic rings. The SMILES string of the molecule is C=CC(=O)N1CCCC(C(=O)N[C@H]2CCOc3ccc(O)cc32)C1. The number of ether oxygens (including phenoxy) is 1. The summed E-state index contributed by atoms with van der Waals surface area (Å²) in [6.07, 6.45) is 3.52. The van der Waals surface area contributed by atoms with E-state index in [0.717, 1.165) is 18.4 Å². The van der Waals surface area contributed by atoms with E-state index >= 15 is 0 Å². The topological polar surface area (TPSA) is 78.9 Å². The van der Waals surface area contributed by atoms with Crippen LogP contribution in [0.15, 0.2) is 30.9 Å². The normalized spacial score (nSPS) is 22.9. The lowest BCUT2D eigenvalue weighted by Gasteiger charge is -2.33. The predicted octanol–water partition coefficient (Wildman–Crippen LogP) is 1.76. The highest BCUT2D eigenvalue weighted by Gasteiger charge is 2.30. The highest BCUT2D eigenvalue weighted by Crippen LogP contribution is 2.34. The van der Waals surface area contributed by atoms with Crippen molar-refractivity contribution in [1.82, 2.24) is 10.2 Å². The Balaban J connectivity index is 1.68. The van der Waals surface area contributed by atoms with Crippen LogP contribution in [-0.2, 0) is 9.59 Å². The van der Waals surface area contributed by atoms with Crippen LogP contribution in [0.25, 0.3) is 0 Å². The van der Waals surface area contributed by atoms with Crippen molar-refractivity contribution in [2.45, 2.75) is 25.3 Å². The largest absolute Gasteiger partial charge is 0.508 e. The van der Waals surface area contributed by atoms with E-state index in [0.29, 0.717) is 31.9 Å². The molecule has 2 atom stereocenters. The van der Waals surface area contributed by atoms with E-state index in [2.05, 4.69) is 11.9 Å². The molecular weight excluding hydrogens is 308 g/mol. The summed E-state index contributed by atoms with van der Waals surface area (Å²) in [4.78, 5) is 26.1. The zero-order chi connectivity index (χ0) is 17.1. The second-order valence-electron chi connectivity index (χ2n) is 6.25. The lowest BCUT2D eigenvalue weighted by Crippen LogP contribution is -2.46. The molecule has 0 aromatic heterocycles. The summed E-state index contributed by atoms with van der Waals surface area (Å²) in [6, 6.07) is 4.74. The molecule has 0 bridgehead atoms. The van der Waals surface area contributed by atoms with Crippen molar-refractivity contribution in [3.63, 3.8) is 0 Å². The monoisotopic (exact) mass is 330 g/mol. The van der Waals surface area contributed by atoms with E-state index in [9.17, 15) is 14.7 Å². The Hall–Kier alpha value is -2.50. The van der Waals surface area contributed by atoms with Gasteiger partial charge in [0.2, 0.25) is 11.8 Å². The van der Waals surface area contributed by atoms with Crippen molar-refractivity contribution < 1.29 is 19.4 Å². The van der Waals surface area contributed by atoms with Crippen LogP contribution in [0.2, 0.25) is 0 Å². The number of aromatic hydroxyl groups is 1. The number of benzene rings is 1. The molecule has 1 aromatic carbocycles. The number of nitrogens with zero attached hydrogens (tertiary/aromatic N) is 1. The fraction of sp³-hybridized carbons (Fsp3) is 0.444. The van der Waals surface area contributed by atoms with E-state index in [1.807, 2.05) is 0 Å². The number of amides is 2. The fourth-order valence-electron chi connectivity index (χ4n) is 3.34. The molecule has 2 N–H and O–H groups in total. The zero-order valence-electron chi connectivity index (χ0n) is 13.5. The van der Waals surface area contributed by atoms with Gasteiger partial charge in [0.25, 0.3) is 0 Å². The predicted molar refractivity (Wildman–Crippen MR) is 88.6 cm³/mol. The van der Waals surface area contributed by atoms with Gasteiger partial charge in [-0.1, -0.05) is 6.58 Å². The van der Waals surface area contributed by atoms with Gasteiger partial charge in [-0.2, -0.15) is 0 Å². The van der Waals surface area contributed by atoms with Gasteiger partial charge in [0.1, 0.15) is 11.5 Å². The molecule has 1 aromatic rings. The van der Waals surface area contributed by atoms with Crippen molar-refractivity contribution in [3.8, 4) is 11.5 Å². The van der Waals surface area contributed by atoms with Gasteiger partial charge < -0.3 is 20.1 Å². The number of piperidine rings is 1. The zero-order valence-corrected chi connectivity index (χ0v) is 13.5. The summed E-state index contributed by atoms with van der Waals surface area (Å²) in [6.45, 7) is 5.12. The third-order valence-electron chi connectivity index (χ3n) is 4.63. The van der Waals surface area contributed by atoms with Gasteiger partial charge in [0.15, 0.2) is 0 Å². The van der Waals surface area contributed by atoms with Crippen molar-refractivity contribution in [2.24, 2.45) is 5.92 Å². The maximum atomic E-state index is 12.6. The van der Waals surface area contributed by atoms with Crippen LogP contribution in [0.1, 0.15) is 30.9 Å². The number of carbonyl (C=O) groups is 2. The maximum absolute atomic E-state index is 12.6. The molecule has 128 valence electrons. The highest BCUT2D eigenvalue weighted by atomic mass is 16.5. The van der Waals surface area contributed by atoms with Crippen LogP contribution in [0, 0.1) is 5.92 Å². The Kier molecular flexibility index (Phi) is 4.74. The van der Waals surface area contributed by atoms with E-state index in [1.165, 1.54) is 6.08 Å². The molecule has 3 rings (SSSR count). The molecule has 1 fully saturated rings. The second-order valence-corrected chi connectivity index (χ2v) is 6.25. The first-order chi connectivity index (χ1) is 11.6. The van der Waals surface area contributed by atoms with Gasteiger partial charge in [0, 0.05) is 25.1 Å². The number of carbonyl (C=O) groups excluding carboxylic acids is 2. The molecule has 2 aliphatic heterocycles. The third-order valence-corrected chi connectivity index (χ3v) is 4.63. The van der Waals surface area contributed by atoms with Gasteiger partial charge in [0.05, 0.1) is 18.6 Å². The minimum atomic E-state index is -0.216. The van der Waals surface area contributed by atoms with E-state index in [1.54, 1.807) is 23.1 Å². The van der Waals surface area contributed by atoms with Crippen LogP contribution in [0.4, 0.5) is 0 Å². The van der Waals surface area contributed by atoms with Gasteiger partial charge in [-0.3, -0.25) is 9.59 Å². The summed E-state index contributed by atoms with van der Waals surface area (Å²) in [5, 5.41) is 12.7. The summed E-state index contributed by atoms with van der Waals surface area (Å²) >= 11 is 0. The smallest absolute Gasteiger partial charge is 0.245 e. The van der Waals surface area contributed by atoms with Crippen molar-refractivity contribution in [3.05, 3.63) is 36.4 Å². The lowest BCUT2D eigenvalue weighted by atomic mass is 9.94. The highest BCUT2D eigenvalue weighted by molar-refractivity contribution is 5.88. The van der Waals surface area contributed by atoms with Crippen molar-refractivity contribution in [1.29, 1.82) is 0 Å². The van der Waals surface area contributed by atoms with Gasteiger partial charge in [-0.05, 0) is 37.1 Å². The van der Waals surface area contributed by atoms with Crippen molar-refractivity contribution in [2.75, 3.05) is 19.7 Å². The molecule has 24 heavy (non-hydrogen) atoms. The Morgan fingerprint density at radius 2 is 2.21 bits per heavy atom. The minimum Gasteiger partial charge on any atom is -0.508 e. The van der Waals surface area contributed by atoms with Gasteiger partial charge >= 0.3 is 0 Å². The van der Waals surface area contributed by atoms with Crippen LogP contribution >= 0.6 is 0 Å². The maximum Gasteiger partial charge on any atom is 0.245 e. The molecule has 1 unspecified atom stereocenters. The number of likely N-dealkylation sites (tertiary alicyclic amines) is 1. The Labute approximate surface area is 141 Å². The minimum absolute atomic E-state index is 0.0576. The van der Waals surface area contributed by atoms with E-state index < -0.39 is 0 Å². The first-order valence-corrected chi connectivity index (χ1v) is 8.26. The van der Waals surface area contributed by atoms with Gasteiger partial charge in [-0.25, -0.2) is 0 Å². The fourth-order valence-corrected chi connectivity index (χ4v) is 3.34. The molecule has 0 saturated carbocycles. The Morgan fingerprint density at radius 3 is 3.00 bits per heavy atom. The molecule has 0 radical (unpaired) electrons. The standard InChI is InChI=1S/C18H22N2O4/c1-2-17(22)20-8-3-4-12(11-20)18(23)19-15-7-9-24-16-6-5-13(21)10-14(15)16/h2,5-6,10,12,15,21H,1,3-4,7-9,11H2,(H,19,23)/t12?,15-/m0/s1. The number of nitrogens with one attached hydrogen (secondary N) is 1. The molecule has 2 heterocycles.